The minimum Gasteiger partial charge on any atom is -0.326 e. The predicted octanol–water partition coefficient (Wildman–Crippen LogP) is 4.39. The van der Waals surface area contributed by atoms with Crippen molar-refractivity contribution in [3.8, 4) is 0 Å². The molecule has 7 nitrogen and oxygen atoms in total. The van der Waals surface area contributed by atoms with E-state index in [4.69, 9.17) is 0 Å². The van der Waals surface area contributed by atoms with Crippen LogP contribution in [0.15, 0.2) is 53.4 Å². The Morgan fingerprint density at radius 2 is 1.52 bits per heavy atom. The van der Waals surface area contributed by atoms with E-state index in [1.165, 1.54) is 24.3 Å². The van der Waals surface area contributed by atoms with Crippen LogP contribution < -0.4 is 15.4 Å². The fraction of sp³-hybridized carbons (Fsp3) is 0.391. The molecule has 0 aromatic heterocycles. The van der Waals surface area contributed by atoms with Gasteiger partial charge in [-0.05, 0) is 76.1 Å². The van der Waals surface area contributed by atoms with Crippen molar-refractivity contribution >= 4 is 33.2 Å². The summed E-state index contributed by atoms with van der Waals surface area (Å²) in [4.78, 5) is 25.0. The first-order valence-electron chi connectivity index (χ1n) is 10.3. The van der Waals surface area contributed by atoms with Gasteiger partial charge in [0.05, 0.1) is 4.90 Å². The standard InChI is InChI=1S/C23H31N3O4S/c1-6-16(7-2)21(27)25-19-10-8-9-17(15-19)22(28)24-18-11-13-20(14-12-18)31(29,30)26-23(3,4)5/h8-16,26H,6-7H2,1-5H3,(H,24,28)(H,25,27). The lowest BCUT2D eigenvalue weighted by molar-refractivity contribution is -0.120. The molecule has 2 amide bonds. The summed E-state index contributed by atoms with van der Waals surface area (Å²) in [5, 5.41) is 5.60. The Balaban J connectivity index is 2.09. The molecule has 0 atom stereocenters. The number of rotatable bonds is 8. The van der Waals surface area contributed by atoms with Crippen LogP contribution in [0, 0.1) is 5.92 Å². The average Bonchev–Trinajstić information content (AvgIpc) is 2.67. The van der Waals surface area contributed by atoms with Crippen molar-refractivity contribution in [1.29, 1.82) is 0 Å². The van der Waals surface area contributed by atoms with Crippen molar-refractivity contribution in [2.75, 3.05) is 10.6 Å². The van der Waals surface area contributed by atoms with Gasteiger partial charge in [0.2, 0.25) is 15.9 Å². The molecule has 0 bridgehead atoms. The summed E-state index contributed by atoms with van der Waals surface area (Å²) in [6.07, 6.45) is 1.50. The van der Waals surface area contributed by atoms with Crippen molar-refractivity contribution in [3.05, 3.63) is 54.1 Å². The van der Waals surface area contributed by atoms with Gasteiger partial charge in [0.25, 0.3) is 5.91 Å². The molecule has 2 rings (SSSR count). The molecule has 0 aliphatic carbocycles. The second-order valence-corrected chi connectivity index (χ2v) is 10.1. The predicted molar refractivity (Wildman–Crippen MR) is 124 cm³/mol. The monoisotopic (exact) mass is 445 g/mol. The van der Waals surface area contributed by atoms with Gasteiger partial charge in [-0.3, -0.25) is 9.59 Å². The first kappa shape index (κ1) is 24.6. The summed E-state index contributed by atoms with van der Waals surface area (Å²) < 4.78 is 27.4. The fourth-order valence-corrected chi connectivity index (χ4v) is 4.44. The number of amides is 2. The minimum absolute atomic E-state index is 0.0665. The number of hydrogen-bond acceptors (Lipinski definition) is 4. The molecule has 0 spiro atoms. The van der Waals surface area contributed by atoms with E-state index in [1.54, 1.807) is 45.0 Å². The molecule has 2 aromatic rings. The van der Waals surface area contributed by atoms with Gasteiger partial charge in [0.15, 0.2) is 0 Å². The number of benzene rings is 2. The van der Waals surface area contributed by atoms with Crippen LogP contribution in [0.2, 0.25) is 0 Å². The Labute approximate surface area is 184 Å². The Morgan fingerprint density at radius 3 is 2.06 bits per heavy atom. The Hall–Kier alpha value is -2.71. The van der Waals surface area contributed by atoms with Crippen LogP contribution in [0.5, 0.6) is 0 Å². The molecule has 0 aliphatic heterocycles. The van der Waals surface area contributed by atoms with Gasteiger partial charge in [-0.1, -0.05) is 19.9 Å². The number of hydrogen-bond donors (Lipinski definition) is 3. The van der Waals surface area contributed by atoms with E-state index in [-0.39, 0.29) is 22.6 Å². The summed E-state index contributed by atoms with van der Waals surface area (Å²) in [5.74, 6) is -0.495. The summed E-state index contributed by atoms with van der Waals surface area (Å²) in [5.41, 5.74) is 0.805. The Bertz CT molecular complexity index is 1020. The topological polar surface area (TPSA) is 104 Å². The maximum Gasteiger partial charge on any atom is 0.255 e. The number of carbonyl (C=O) groups excluding carboxylic acids is 2. The largest absolute Gasteiger partial charge is 0.326 e. The molecule has 3 N–H and O–H groups in total. The van der Waals surface area contributed by atoms with E-state index in [9.17, 15) is 18.0 Å². The van der Waals surface area contributed by atoms with Crippen LogP contribution in [0.25, 0.3) is 0 Å². The van der Waals surface area contributed by atoms with Crippen LogP contribution in [0.4, 0.5) is 11.4 Å². The van der Waals surface area contributed by atoms with Crippen LogP contribution in [-0.4, -0.2) is 25.8 Å². The lowest BCUT2D eigenvalue weighted by Gasteiger charge is -2.20. The van der Waals surface area contributed by atoms with Gasteiger partial charge in [-0.2, -0.15) is 0 Å². The zero-order valence-corrected chi connectivity index (χ0v) is 19.5. The zero-order valence-electron chi connectivity index (χ0n) is 18.7. The molecule has 0 saturated heterocycles. The molecule has 2 aromatic carbocycles. The van der Waals surface area contributed by atoms with Crippen molar-refractivity contribution in [2.24, 2.45) is 5.92 Å². The SMILES string of the molecule is CCC(CC)C(=O)Nc1cccc(C(=O)Nc2ccc(S(=O)(=O)NC(C)(C)C)cc2)c1. The van der Waals surface area contributed by atoms with E-state index in [0.717, 1.165) is 12.8 Å². The summed E-state index contributed by atoms with van der Waals surface area (Å²) >= 11 is 0. The van der Waals surface area contributed by atoms with E-state index in [0.29, 0.717) is 16.9 Å². The van der Waals surface area contributed by atoms with Gasteiger partial charge >= 0.3 is 0 Å². The van der Waals surface area contributed by atoms with Crippen LogP contribution >= 0.6 is 0 Å². The molecule has 0 saturated carbocycles. The van der Waals surface area contributed by atoms with Gasteiger partial charge < -0.3 is 10.6 Å². The summed E-state index contributed by atoms with van der Waals surface area (Å²) in [6, 6.07) is 12.6. The van der Waals surface area contributed by atoms with Crippen molar-refractivity contribution < 1.29 is 18.0 Å². The summed E-state index contributed by atoms with van der Waals surface area (Å²) in [7, 11) is -3.65. The number of carbonyl (C=O) groups is 2. The van der Waals surface area contributed by atoms with E-state index < -0.39 is 15.6 Å². The third kappa shape index (κ3) is 7.18. The number of nitrogens with one attached hydrogen (secondary N) is 3. The average molecular weight is 446 g/mol. The minimum atomic E-state index is -3.65. The maximum absolute atomic E-state index is 12.6. The van der Waals surface area contributed by atoms with Crippen molar-refractivity contribution in [2.45, 2.75) is 57.9 Å². The molecule has 0 radical (unpaired) electrons. The van der Waals surface area contributed by atoms with E-state index in [1.807, 2.05) is 13.8 Å². The molecular formula is C23H31N3O4S. The molecule has 168 valence electrons. The van der Waals surface area contributed by atoms with E-state index >= 15 is 0 Å². The lowest BCUT2D eigenvalue weighted by Crippen LogP contribution is -2.40. The second-order valence-electron chi connectivity index (χ2n) is 8.42. The van der Waals surface area contributed by atoms with Gasteiger partial charge in [-0.15, -0.1) is 0 Å². The van der Waals surface area contributed by atoms with Crippen molar-refractivity contribution in [1.82, 2.24) is 4.72 Å². The Kier molecular flexibility index (Phi) is 7.97. The van der Waals surface area contributed by atoms with Gasteiger partial charge in [0, 0.05) is 28.4 Å². The van der Waals surface area contributed by atoms with Crippen LogP contribution in [-0.2, 0) is 14.8 Å². The zero-order chi connectivity index (χ0) is 23.2. The Morgan fingerprint density at radius 1 is 0.903 bits per heavy atom. The molecule has 0 heterocycles. The van der Waals surface area contributed by atoms with Gasteiger partial charge in [0.1, 0.15) is 0 Å². The van der Waals surface area contributed by atoms with E-state index in [2.05, 4.69) is 15.4 Å². The van der Waals surface area contributed by atoms with Crippen LogP contribution in [0.1, 0.15) is 57.8 Å². The molecule has 0 unspecified atom stereocenters. The molecule has 8 heteroatoms. The fourth-order valence-electron chi connectivity index (χ4n) is 3.02. The quantitative estimate of drug-likeness (QED) is 0.560. The molecular weight excluding hydrogens is 414 g/mol. The lowest BCUT2D eigenvalue weighted by atomic mass is 10.0. The highest BCUT2D eigenvalue weighted by molar-refractivity contribution is 7.89. The third-order valence-corrected chi connectivity index (χ3v) is 6.39. The number of sulfonamides is 1. The molecule has 0 fully saturated rings. The van der Waals surface area contributed by atoms with Gasteiger partial charge in [-0.25, -0.2) is 13.1 Å². The molecule has 0 aliphatic rings. The second kappa shape index (κ2) is 10.1. The number of anilines is 2. The maximum atomic E-state index is 12.6. The highest BCUT2D eigenvalue weighted by Gasteiger charge is 2.22. The van der Waals surface area contributed by atoms with Crippen LogP contribution in [0.3, 0.4) is 0 Å². The smallest absolute Gasteiger partial charge is 0.255 e. The summed E-state index contributed by atoms with van der Waals surface area (Å²) in [6.45, 7) is 9.22. The normalized spacial score (nSPS) is 11.9. The third-order valence-electron chi connectivity index (χ3n) is 4.61. The highest BCUT2D eigenvalue weighted by Crippen LogP contribution is 2.19. The first-order valence-corrected chi connectivity index (χ1v) is 11.8. The molecule has 31 heavy (non-hydrogen) atoms. The van der Waals surface area contributed by atoms with Crippen molar-refractivity contribution in [3.63, 3.8) is 0 Å². The highest BCUT2D eigenvalue weighted by atomic mass is 32.2. The first-order chi connectivity index (χ1) is 14.4.